The Labute approximate surface area is 260 Å². The molecule has 7 N–H and O–H groups in total. The van der Waals surface area contributed by atoms with Gasteiger partial charge in [0.15, 0.2) is 6.29 Å². The van der Waals surface area contributed by atoms with E-state index in [0.29, 0.717) is 6.42 Å². The van der Waals surface area contributed by atoms with Gasteiger partial charge < -0.3 is 45.4 Å². The quantitative estimate of drug-likeness (QED) is 0.0675. The molecule has 1 amide bonds. The van der Waals surface area contributed by atoms with Crippen LogP contribution in [0, 0.1) is 0 Å². The molecular formula is C33H65NO9. The van der Waals surface area contributed by atoms with Crippen LogP contribution in [0.5, 0.6) is 0 Å². The fraction of sp³-hybridized carbons (Fsp3) is 0.970. The number of hydrogen-bond donors (Lipinski definition) is 7. The van der Waals surface area contributed by atoms with Gasteiger partial charge in [0.2, 0.25) is 5.91 Å². The smallest absolute Gasteiger partial charge is 0.220 e. The Balaban J connectivity index is 2.19. The fourth-order valence-corrected chi connectivity index (χ4v) is 5.63. The third kappa shape index (κ3) is 17.4. The number of nitrogens with one attached hydrogen (secondary N) is 1. The topological polar surface area (TPSA) is 169 Å². The van der Waals surface area contributed by atoms with E-state index in [0.717, 1.165) is 19.3 Å². The first-order chi connectivity index (χ1) is 20.8. The van der Waals surface area contributed by atoms with Gasteiger partial charge in [-0.25, -0.2) is 0 Å². The molecule has 1 heterocycles. The van der Waals surface area contributed by atoms with E-state index in [1.54, 1.807) is 6.92 Å². The highest BCUT2D eigenvalue weighted by Crippen LogP contribution is 2.23. The van der Waals surface area contributed by atoms with Gasteiger partial charge in [0.1, 0.15) is 30.5 Å². The molecule has 256 valence electrons. The molecule has 0 aliphatic carbocycles. The van der Waals surface area contributed by atoms with Crippen molar-refractivity contribution >= 4 is 5.91 Å². The molecule has 0 bridgehead atoms. The largest absolute Gasteiger partial charge is 0.394 e. The van der Waals surface area contributed by atoms with Crippen molar-refractivity contribution in [2.75, 3.05) is 13.2 Å². The number of carbonyl (C=O) groups is 1. The van der Waals surface area contributed by atoms with Crippen molar-refractivity contribution in [3.05, 3.63) is 0 Å². The van der Waals surface area contributed by atoms with Crippen LogP contribution in [0.1, 0.15) is 142 Å². The molecule has 0 saturated carbocycles. The monoisotopic (exact) mass is 619 g/mol. The standard InChI is InChI=1S/C33H65NO9/c1-3-5-6-7-8-9-10-11-12-13-14-15-16-17-18-19-20-21-22-26(36)29(38)25(34-28(37)4-2)24-42-33-32(41)31(40)30(39)27(23-35)43-33/h25-27,29-33,35-36,38-41H,3-24H2,1-2H3,(H,34,37)/t25-,26+,27+,29-,30-,31-,32+,33-/m0/s1. The Bertz CT molecular complexity index is 668. The summed E-state index contributed by atoms with van der Waals surface area (Å²) in [6.07, 6.45) is 13.8. The molecule has 10 nitrogen and oxygen atoms in total. The van der Waals surface area contributed by atoms with Crippen LogP contribution in [0.2, 0.25) is 0 Å². The van der Waals surface area contributed by atoms with Gasteiger partial charge >= 0.3 is 0 Å². The van der Waals surface area contributed by atoms with Crippen molar-refractivity contribution in [1.29, 1.82) is 0 Å². The molecule has 8 atom stereocenters. The lowest BCUT2D eigenvalue weighted by Crippen LogP contribution is -2.60. The first-order valence-corrected chi connectivity index (χ1v) is 17.3. The lowest BCUT2D eigenvalue weighted by Gasteiger charge is -2.40. The van der Waals surface area contributed by atoms with E-state index in [4.69, 9.17) is 9.47 Å². The van der Waals surface area contributed by atoms with E-state index < -0.39 is 55.6 Å². The predicted molar refractivity (Wildman–Crippen MR) is 167 cm³/mol. The van der Waals surface area contributed by atoms with E-state index in [1.165, 1.54) is 96.3 Å². The molecule has 10 heteroatoms. The summed E-state index contributed by atoms with van der Waals surface area (Å²) in [5, 5.41) is 63.5. The van der Waals surface area contributed by atoms with Crippen molar-refractivity contribution in [3.8, 4) is 0 Å². The van der Waals surface area contributed by atoms with Crippen LogP contribution in [0.25, 0.3) is 0 Å². The van der Waals surface area contributed by atoms with Gasteiger partial charge in [-0.2, -0.15) is 0 Å². The van der Waals surface area contributed by atoms with Crippen molar-refractivity contribution in [1.82, 2.24) is 5.32 Å². The number of amides is 1. The molecule has 0 aromatic rings. The molecule has 0 unspecified atom stereocenters. The number of ether oxygens (including phenoxy) is 2. The van der Waals surface area contributed by atoms with Crippen LogP contribution in [0.15, 0.2) is 0 Å². The summed E-state index contributed by atoms with van der Waals surface area (Å²) in [6.45, 7) is 3.01. The molecule has 1 aliphatic rings. The summed E-state index contributed by atoms with van der Waals surface area (Å²) in [5.74, 6) is -0.346. The molecule has 1 rings (SSSR count). The van der Waals surface area contributed by atoms with Crippen molar-refractivity contribution < 1.29 is 44.9 Å². The van der Waals surface area contributed by atoms with Crippen molar-refractivity contribution in [2.24, 2.45) is 0 Å². The molecule has 0 aromatic carbocycles. The third-order valence-electron chi connectivity index (χ3n) is 8.62. The summed E-state index contributed by atoms with van der Waals surface area (Å²) >= 11 is 0. The molecule has 1 fully saturated rings. The van der Waals surface area contributed by atoms with Crippen molar-refractivity contribution in [2.45, 2.75) is 191 Å². The maximum atomic E-state index is 12.0. The van der Waals surface area contributed by atoms with Gasteiger partial charge in [-0.3, -0.25) is 4.79 Å². The summed E-state index contributed by atoms with van der Waals surface area (Å²) in [4.78, 5) is 12.0. The Kier molecular flexibility index (Phi) is 23.7. The fourth-order valence-electron chi connectivity index (χ4n) is 5.63. The second-order valence-electron chi connectivity index (χ2n) is 12.4. The van der Waals surface area contributed by atoms with Gasteiger partial charge in [0, 0.05) is 6.42 Å². The zero-order valence-corrected chi connectivity index (χ0v) is 27.1. The molecule has 0 radical (unpaired) electrons. The first kappa shape index (κ1) is 40.2. The minimum atomic E-state index is -1.60. The number of rotatable bonds is 27. The molecule has 1 saturated heterocycles. The van der Waals surface area contributed by atoms with E-state index in [-0.39, 0.29) is 18.9 Å². The molecular weight excluding hydrogens is 554 g/mol. The van der Waals surface area contributed by atoms with Crippen LogP contribution >= 0.6 is 0 Å². The van der Waals surface area contributed by atoms with Crippen LogP contribution in [0.3, 0.4) is 0 Å². The van der Waals surface area contributed by atoms with Crippen LogP contribution in [-0.4, -0.2) is 98.7 Å². The Hall–Kier alpha value is -0.850. The number of aliphatic hydroxyl groups excluding tert-OH is 6. The normalized spacial score (nSPS) is 24.5. The number of carbonyl (C=O) groups excluding carboxylic acids is 1. The maximum Gasteiger partial charge on any atom is 0.220 e. The van der Waals surface area contributed by atoms with E-state index in [9.17, 15) is 35.4 Å². The lowest BCUT2D eigenvalue weighted by atomic mass is 9.98. The summed E-state index contributed by atoms with van der Waals surface area (Å²) in [6, 6.07) is -0.981. The van der Waals surface area contributed by atoms with E-state index in [2.05, 4.69) is 12.2 Å². The summed E-state index contributed by atoms with van der Waals surface area (Å²) in [5.41, 5.74) is 0. The Morgan fingerprint density at radius 1 is 0.721 bits per heavy atom. The average molecular weight is 620 g/mol. The average Bonchev–Trinajstić information content (AvgIpc) is 3.01. The van der Waals surface area contributed by atoms with E-state index >= 15 is 0 Å². The highest BCUT2D eigenvalue weighted by molar-refractivity contribution is 5.75. The highest BCUT2D eigenvalue weighted by atomic mass is 16.7. The van der Waals surface area contributed by atoms with Gasteiger partial charge in [-0.1, -0.05) is 129 Å². The highest BCUT2D eigenvalue weighted by Gasteiger charge is 2.44. The summed E-state index contributed by atoms with van der Waals surface area (Å²) in [7, 11) is 0. The zero-order valence-electron chi connectivity index (χ0n) is 27.1. The first-order valence-electron chi connectivity index (χ1n) is 17.3. The number of hydrogen-bond acceptors (Lipinski definition) is 9. The second kappa shape index (κ2) is 25.4. The number of aliphatic hydroxyl groups is 6. The van der Waals surface area contributed by atoms with Gasteiger partial charge in [-0.15, -0.1) is 0 Å². The predicted octanol–water partition coefficient (Wildman–Crippen LogP) is 3.85. The second-order valence-corrected chi connectivity index (χ2v) is 12.4. The van der Waals surface area contributed by atoms with Crippen molar-refractivity contribution in [3.63, 3.8) is 0 Å². The van der Waals surface area contributed by atoms with Gasteiger partial charge in [-0.05, 0) is 6.42 Å². The Morgan fingerprint density at radius 2 is 1.19 bits per heavy atom. The SMILES string of the molecule is CCCCCCCCCCCCCCCCCCCC[C@@H](O)[C@@H](O)[C@H](CO[C@H]1O[C@H](CO)[C@H](O)[C@H](O)[C@H]1O)NC(=O)CC. The van der Waals surface area contributed by atoms with Crippen LogP contribution in [-0.2, 0) is 14.3 Å². The molecule has 0 aromatic heterocycles. The zero-order chi connectivity index (χ0) is 31.9. The minimum Gasteiger partial charge on any atom is -0.394 e. The lowest BCUT2D eigenvalue weighted by molar-refractivity contribution is -0.303. The van der Waals surface area contributed by atoms with E-state index in [1.807, 2.05) is 0 Å². The third-order valence-corrected chi connectivity index (χ3v) is 8.62. The van der Waals surface area contributed by atoms with Gasteiger partial charge in [0.25, 0.3) is 0 Å². The van der Waals surface area contributed by atoms with Crippen LogP contribution < -0.4 is 5.32 Å². The maximum absolute atomic E-state index is 12.0. The molecule has 0 spiro atoms. The van der Waals surface area contributed by atoms with Crippen LogP contribution in [0.4, 0.5) is 0 Å². The summed E-state index contributed by atoms with van der Waals surface area (Å²) < 4.78 is 10.9. The Morgan fingerprint density at radius 3 is 1.63 bits per heavy atom. The van der Waals surface area contributed by atoms with Gasteiger partial charge in [0.05, 0.1) is 25.4 Å². The number of unbranched alkanes of at least 4 members (excludes halogenated alkanes) is 17. The molecule has 1 aliphatic heterocycles. The minimum absolute atomic E-state index is 0.165. The molecule has 43 heavy (non-hydrogen) atoms.